The topological polar surface area (TPSA) is 55.1 Å². The number of benzene rings is 2. The molecule has 2 heterocycles. The number of aryl methyl sites for hydroxylation is 3. The molecule has 24 heavy (non-hydrogen) atoms. The van der Waals surface area contributed by atoms with Crippen LogP contribution in [0.2, 0.25) is 0 Å². The van der Waals surface area contributed by atoms with Gasteiger partial charge in [0.05, 0.1) is 11.0 Å². The fourth-order valence-corrected chi connectivity index (χ4v) is 2.95. The molecule has 120 valence electrons. The molecule has 0 atom stereocenters. The zero-order valence-corrected chi connectivity index (χ0v) is 14.0. The van der Waals surface area contributed by atoms with E-state index in [1.165, 1.54) is 11.1 Å². The summed E-state index contributed by atoms with van der Waals surface area (Å²) in [4.78, 5) is 4.78. The first-order chi connectivity index (χ1) is 11.7. The van der Waals surface area contributed by atoms with Gasteiger partial charge in [-0.15, -0.1) is 10.2 Å². The van der Waals surface area contributed by atoms with Gasteiger partial charge in [-0.3, -0.25) is 4.40 Å². The summed E-state index contributed by atoms with van der Waals surface area (Å²) in [5.74, 6) is 1.67. The minimum Gasteiger partial charge on any atom is -0.337 e. The van der Waals surface area contributed by atoms with E-state index in [4.69, 9.17) is 4.98 Å². The molecule has 5 nitrogen and oxygen atoms in total. The van der Waals surface area contributed by atoms with E-state index in [0.29, 0.717) is 0 Å². The van der Waals surface area contributed by atoms with Gasteiger partial charge in [-0.25, -0.2) is 4.98 Å². The normalized spacial score (nSPS) is 11.3. The van der Waals surface area contributed by atoms with Gasteiger partial charge < -0.3 is 5.32 Å². The fourth-order valence-electron chi connectivity index (χ4n) is 2.95. The molecule has 5 heteroatoms. The maximum Gasteiger partial charge on any atom is 0.204 e. The van der Waals surface area contributed by atoms with Crippen molar-refractivity contribution in [2.24, 2.45) is 0 Å². The summed E-state index contributed by atoms with van der Waals surface area (Å²) in [6.07, 6.45) is 0.818. The summed E-state index contributed by atoms with van der Waals surface area (Å²) in [6, 6.07) is 14.4. The lowest BCUT2D eigenvalue weighted by atomic mass is 10.1. The molecule has 0 aliphatic rings. The van der Waals surface area contributed by atoms with E-state index in [-0.39, 0.29) is 0 Å². The highest BCUT2D eigenvalue weighted by molar-refractivity contribution is 5.84. The fraction of sp³-hybridized carbons (Fsp3) is 0.211. The molecule has 1 N–H and O–H groups in total. The highest BCUT2D eigenvalue weighted by Gasteiger charge is 2.14. The molecule has 0 saturated heterocycles. The Bertz CT molecular complexity index is 1050. The van der Waals surface area contributed by atoms with Crippen molar-refractivity contribution >= 4 is 28.2 Å². The summed E-state index contributed by atoms with van der Waals surface area (Å²) in [7, 11) is 0. The van der Waals surface area contributed by atoms with Crippen LogP contribution in [0.15, 0.2) is 42.5 Å². The second-order valence-electron chi connectivity index (χ2n) is 6.02. The van der Waals surface area contributed by atoms with Gasteiger partial charge in [-0.1, -0.05) is 31.2 Å². The number of anilines is 2. The maximum atomic E-state index is 4.78. The maximum absolute atomic E-state index is 4.78. The van der Waals surface area contributed by atoms with Gasteiger partial charge in [-0.2, -0.15) is 0 Å². The van der Waals surface area contributed by atoms with E-state index in [1.807, 2.05) is 18.2 Å². The van der Waals surface area contributed by atoms with Crippen LogP contribution in [0.25, 0.3) is 16.7 Å². The molecule has 4 rings (SSSR count). The SMILES string of the molecule is CCc1nnc2c(Nc3cc(C)ccc3C)nc3ccccc3n12. The first-order valence-electron chi connectivity index (χ1n) is 8.14. The summed E-state index contributed by atoms with van der Waals surface area (Å²) in [5, 5.41) is 12.2. The first-order valence-corrected chi connectivity index (χ1v) is 8.14. The van der Waals surface area contributed by atoms with E-state index >= 15 is 0 Å². The Morgan fingerprint density at radius 1 is 1.04 bits per heavy atom. The van der Waals surface area contributed by atoms with Crippen molar-refractivity contribution in [3.05, 3.63) is 59.4 Å². The van der Waals surface area contributed by atoms with Crippen LogP contribution in [0.1, 0.15) is 23.9 Å². The van der Waals surface area contributed by atoms with E-state index in [2.05, 4.69) is 65.0 Å². The van der Waals surface area contributed by atoms with Crippen molar-refractivity contribution in [2.45, 2.75) is 27.2 Å². The van der Waals surface area contributed by atoms with Crippen LogP contribution in [-0.4, -0.2) is 19.6 Å². The Morgan fingerprint density at radius 3 is 2.71 bits per heavy atom. The van der Waals surface area contributed by atoms with Gasteiger partial charge in [0.25, 0.3) is 0 Å². The van der Waals surface area contributed by atoms with Gasteiger partial charge in [0.15, 0.2) is 5.82 Å². The van der Waals surface area contributed by atoms with E-state index in [9.17, 15) is 0 Å². The molecular weight excluding hydrogens is 298 g/mol. The lowest BCUT2D eigenvalue weighted by Crippen LogP contribution is -2.03. The third-order valence-electron chi connectivity index (χ3n) is 4.26. The molecule has 0 amide bonds. The van der Waals surface area contributed by atoms with Crippen molar-refractivity contribution < 1.29 is 0 Å². The minimum absolute atomic E-state index is 0.731. The second kappa shape index (κ2) is 5.60. The van der Waals surface area contributed by atoms with E-state index < -0.39 is 0 Å². The largest absolute Gasteiger partial charge is 0.337 e. The number of nitrogens with zero attached hydrogens (tertiary/aromatic N) is 4. The molecule has 0 bridgehead atoms. The second-order valence-corrected chi connectivity index (χ2v) is 6.02. The Hall–Kier alpha value is -2.95. The Kier molecular flexibility index (Phi) is 3.41. The summed E-state index contributed by atoms with van der Waals surface area (Å²) in [6.45, 7) is 6.26. The highest BCUT2D eigenvalue weighted by Crippen LogP contribution is 2.26. The van der Waals surface area contributed by atoms with Crippen molar-refractivity contribution in [2.75, 3.05) is 5.32 Å². The van der Waals surface area contributed by atoms with Gasteiger partial charge >= 0.3 is 0 Å². The van der Waals surface area contributed by atoms with Crippen molar-refractivity contribution in [3.8, 4) is 0 Å². The van der Waals surface area contributed by atoms with Crippen molar-refractivity contribution in [1.29, 1.82) is 0 Å². The van der Waals surface area contributed by atoms with E-state index in [0.717, 1.165) is 40.4 Å². The number of rotatable bonds is 3. The average Bonchev–Trinajstić information content (AvgIpc) is 3.03. The molecule has 2 aromatic carbocycles. The number of hydrogen-bond donors (Lipinski definition) is 1. The number of nitrogens with one attached hydrogen (secondary N) is 1. The van der Waals surface area contributed by atoms with Crippen LogP contribution in [0.3, 0.4) is 0 Å². The third kappa shape index (κ3) is 2.29. The molecule has 0 aliphatic carbocycles. The first kappa shape index (κ1) is 14.6. The number of para-hydroxylation sites is 2. The zero-order valence-electron chi connectivity index (χ0n) is 14.0. The molecule has 0 radical (unpaired) electrons. The summed E-state index contributed by atoms with van der Waals surface area (Å²) >= 11 is 0. The monoisotopic (exact) mass is 317 g/mol. The average molecular weight is 317 g/mol. The quantitative estimate of drug-likeness (QED) is 0.615. The van der Waals surface area contributed by atoms with Crippen LogP contribution in [0, 0.1) is 13.8 Å². The third-order valence-corrected chi connectivity index (χ3v) is 4.26. The van der Waals surface area contributed by atoms with Gasteiger partial charge in [0, 0.05) is 12.1 Å². The minimum atomic E-state index is 0.731. The molecule has 4 aromatic rings. The Morgan fingerprint density at radius 2 is 1.88 bits per heavy atom. The van der Waals surface area contributed by atoms with Crippen molar-refractivity contribution in [1.82, 2.24) is 19.6 Å². The zero-order chi connectivity index (χ0) is 16.7. The van der Waals surface area contributed by atoms with Crippen LogP contribution >= 0.6 is 0 Å². The molecule has 0 fully saturated rings. The highest BCUT2D eigenvalue weighted by atomic mass is 15.3. The molecule has 0 saturated carbocycles. The Labute approximate surface area is 140 Å². The van der Waals surface area contributed by atoms with Gasteiger partial charge in [-0.05, 0) is 43.2 Å². The van der Waals surface area contributed by atoms with Crippen LogP contribution in [0.5, 0.6) is 0 Å². The Balaban J connectivity index is 1.97. The number of hydrogen-bond acceptors (Lipinski definition) is 4. The standard InChI is InChI=1S/C19H19N5/c1-4-17-22-23-19-18(21-15-11-12(2)9-10-13(15)3)20-14-7-5-6-8-16(14)24(17)19/h5-11H,4H2,1-3H3,(H,20,21). The van der Waals surface area contributed by atoms with E-state index in [1.54, 1.807) is 0 Å². The smallest absolute Gasteiger partial charge is 0.204 e. The molecule has 2 aromatic heterocycles. The van der Waals surface area contributed by atoms with Crippen molar-refractivity contribution in [3.63, 3.8) is 0 Å². The van der Waals surface area contributed by atoms with Gasteiger partial charge in [0.1, 0.15) is 5.82 Å². The molecule has 0 spiro atoms. The predicted octanol–water partition coefficient (Wildman–Crippen LogP) is 4.20. The van der Waals surface area contributed by atoms with Crippen LogP contribution in [0.4, 0.5) is 11.5 Å². The van der Waals surface area contributed by atoms with Crippen LogP contribution in [-0.2, 0) is 6.42 Å². The number of aromatic nitrogens is 4. The molecule has 0 aliphatic heterocycles. The van der Waals surface area contributed by atoms with Crippen LogP contribution < -0.4 is 5.32 Å². The lowest BCUT2D eigenvalue weighted by molar-refractivity contribution is 0.922. The predicted molar refractivity (Wildman–Crippen MR) is 96.9 cm³/mol. The van der Waals surface area contributed by atoms with Gasteiger partial charge in [0.2, 0.25) is 5.65 Å². The molecule has 0 unspecified atom stereocenters. The summed E-state index contributed by atoms with van der Waals surface area (Å²) in [5.41, 5.74) is 6.12. The lowest BCUT2D eigenvalue weighted by Gasteiger charge is -2.12. The summed E-state index contributed by atoms with van der Waals surface area (Å²) < 4.78 is 2.09. The number of fused-ring (bicyclic) bond motifs is 3. The molecular formula is C19H19N5.